The van der Waals surface area contributed by atoms with Crippen LogP contribution in [0.1, 0.15) is 156 Å². The molecule has 0 heterocycles. The minimum absolute atomic E-state index is 0.00374. The van der Waals surface area contributed by atoms with Crippen molar-refractivity contribution in [2.45, 2.75) is 168 Å². The van der Waals surface area contributed by atoms with E-state index in [-0.39, 0.29) is 36.6 Å². The molecular weight excluding hydrogens is 778 g/mol. The number of nitrogens with two attached hydrogens (primary N) is 3. The van der Waals surface area contributed by atoms with E-state index < -0.39 is 24.0 Å². The predicted octanol–water partition coefficient (Wildman–Crippen LogP) is 3.86. The minimum Gasteiger partial charge on any atom is -0.481 e. The lowest BCUT2D eigenvalue weighted by Crippen LogP contribution is -2.39. The minimum atomic E-state index is -0.903. The van der Waals surface area contributed by atoms with Crippen molar-refractivity contribution in [1.82, 2.24) is 10.6 Å². The second-order valence-electron chi connectivity index (χ2n) is 14.7. The molecule has 2 atom stereocenters. The van der Waals surface area contributed by atoms with Crippen molar-refractivity contribution in [2.24, 2.45) is 17.2 Å². The average Bonchev–Trinajstić information content (AvgIpc) is 3.20. The lowest BCUT2D eigenvalue weighted by Gasteiger charge is -2.08. The Hall–Kier alpha value is -3.06. The number of carbonyl (C=O) groups excluding carboxylic acids is 5. The molecule has 0 aliphatic carbocycles. The highest BCUT2D eigenvalue weighted by Gasteiger charge is 2.08. The van der Waals surface area contributed by atoms with E-state index in [9.17, 15) is 28.8 Å². The highest BCUT2D eigenvalue weighted by molar-refractivity contribution is 5.81. The number of carbonyl (C=O) groups is 6. The zero-order chi connectivity index (χ0) is 45.5. The maximum absolute atomic E-state index is 11.7. The summed E-state index contributed by atoms with van der Waals surface area (Å²) in [5, 5.41) is 22.3. The van der Waals surface area contributed by atoms with Crippen LogP contribution in [0.25, 0.3) is 0 Å². The number of aliphatic hydroxyl groups is 1. The molecule has 60 heavy (non-hydrogen) atoms. The molecule has 0 bridgehead atoms. The first-order valence-electron chi connectivity index (χ1n) is 22.3. The quantitative estimate of drug-likeness (QED) is 0.0430. The summed E-state index contributed by atoms with van der Waals surface area (Å²) in [6, 6.07) is -1.30. The molecule has 0 aliphatic rings. The zero-order valence-electron chi connectivity index (χ0n) is 37.5. The van der Waals surface area contributed by atoms with E-state index in [2.05, 4.69) is 16.4 Å². The molecule has 0 saturated carbocycles. The molecule has 3 amide bonds. The third-order valence-electron chi connectivity index (χ3n) is 8.96. The molecule has 0 aromatic carbocycles. The Morgan fingerprint density at radius 3 is 1.48 bits per heavy atom. The molecule has 17 nitrogen and oxygen atoms in total. The van der Waals surface area contributed by atoms with E-state index in [0.29, 0.717) is 91.4 Å². The van der Waals surface area contributed by atoms with Crippen LogP contribution in [0.4, 0.5) is 0 Å². The highest BCUT2D eigenvalue weighted by Crippen LogP contribution is 2.14. The van der Waals surface area contributed by atoms with Crippen LogP contribution in [0.2, 0.25) is 0 Å². The summed E-state index contributed by atoms with van der Waals surface area (Å²) in [4.78, 5) is 65.1. The number of carboxylic acid groups (broad SMARTS) is 1. The summed E-state index contributed by atoms with van der Waals surface area (Å²) in [5.41, 5.74) is 15.1. The molecular formula is C43H85N5O12. The van der Waals surface area contributed by atoms with E-state index in [1.165, 1.54) is 71.1 Å². The normalized spacial score (nSPS) is 11.6. The van der Waals surface area contributed by atoms with Gasteiger partial charge in [0, 0.05) is 45.6 Å². The van der Waals surface area contributed by atoms with Crippen LogP contribution in [0.5, 0.6) is 0 Å². The van der Waals surface area contributed by atoms with Gasteiger partial charge in [-0.2, -0.15) is 0 Å². The van der Waals surface area contributed by atoms with Gasteiger partial charge in [0.1, 0.15) is 24.2 Å². The molecule has 0 aromatic rings. The number of amides is 3. The maximum Gasteiger partial charge on any atom is 0.303 e. The molecule has 0 spiro atoms. The standard InChI is InChI=1S/C24H47NO5.C16H30N2O5.C3H8N2O2/c1-2-29-21-22-30-20-19-25-23(26)17-15-13-11-9-7-5-3-4-6-8-10-12-14-16-18-24(27)28;1-13(19)6-5-9-22-10-11-23-12-16(21)18-8-4-3-7-15(17)14(2)20;4-2(1-6)3(5)7/h2-22H2,1H3,(H,25,26)(H,27,28);15H,3-12,17H2,1-2H3,(H,18,21);2,6H,1,4H2,(H2,5,7)/t;15-;2-/m.00/s1. The number of ketones is 2. The van der Waals surface area contributed by atoms with Crippen LogP contribution in [0, 0.1) is 0 Å². The number of ether oxygens (including phenoxy) is 4. The molecule has 0 saturated heterocycles. The Labute approximate surface area is 360 Å². The van der Waals surface area contributed by atoms with Gasteiger partial charge in [-0.25, -0.2) is 0 Å². The fraction of sp³-hybridized carbons (Fsp3) is 0.860. The van der Waals surface area contributed by atoms with Crippen molar-refractivity contribution in [2.75, 3.05) is 72.6 Å². The molecule has 0 aromatic heterocycles. The van der Waals surface area contributed by atoms with Gasteiger partial charge in [0.25, 0.3) is 0 Å². The molecule has 0 radical (unpaired) electrons. The van der Waals surface area contributed by atoms with E-state index in [4.69, 9.17) is 40.6 Å². The topological polar surface area (TPSA) is 282 Å². The predicted molar refractivity (Wildman–Crippen MR) is 233 cm³/mol. The van der Waals surface area contributed by atoms with Gasteiger partial charge in [0.05, 0.1) is 45.7 Å². The summed E-state index contributed by atoms with van der Waals surface area (Å²) < 4.78 is 21.0. The molecule has 0 rings (SSSR count). The largest absolute Gasteiger partial charge is 0.481 e. The van der Waals surface area contributed by atoms with E-state index in [1.54, 1.807) is 6.92 Å². The number of Topliss-reactive ketones (excluding diaryl/α,β-unsaturated/α-hetero) is 2. The summed E-state index contributed by atoms with van der Waals surface area (Å²) >= 11 is 0. The number of hydrogen-bond donors (Lipinski definition) is 7. The number of rotatable bonds is 41. The Kier molecular flexibility index (Phi) is 49.6. The van der Waals surface area contributed by atoms with Gasteiger partial charge in [0.2, 0.25) is 17.7 Å². The van der Waals surface area contributed by atoms with Crippen LogP contribution in [-0.4, -0.2) is 130 Å². The number of nitrogens with one attached hydrogen (secondary N) is 2. The molecule has 0 fully saturated rings. The third kappa shape index (κ3) is 54.9. The Morgan fingerprint density at radius 1 is 0.533 bits per heavy atom. The monoisotopic (exact) mass is 864 g/mol. The lowest BCUT2D eigenvalue weighted by molar-refractivity contribution is -0.137. The van der Waals surface area contributed by atoms with Gasteiger partial charge in [-0.15, -0.1) is 0 Å². The first kappa shape index (κ1) is 61.2. The van der Waals surface area contributed by atoms with Gasteiger partial charge >= 0.3 is 5.97 Å². The first-order valence-corrected chi connectivity index (χ1v) is 22.3. The van der Waals surface area contributed by atoms with E-state index in [1.807, 2.05) is 6.92 Å². The van der Waals surface area contributed by atoms with Crippen molar-refractivity contribution in [1.29, 1.82) is 0 Å². The summed E-state index contributed by atoms with van der Waals surface area (Å²) in [7, 11) is 0. The number of aliphatic carboxylic acids is 1. The number of primary amides is 1. The summed E-state index contributed by atoms with van der Waals surface area (Å²) in [5.74, 6) is -1.24. The van der Waals surface area contributed by atoms with Crippen molar-refractivity contribution in [3.63, 3.8) is 0 Å². The molecule has 354 valence electrons. The van der Waals surface area contributed by atoms with Gasteiger partial charge in [-0.05, 0) is 59.3 Å². The van der Waals surface area contributed by atoms with Crippen molar-refractivity contribution in [3.8, 4) is 0 Å². The second kappa shape index (κ2) is 48.6. The van der Waals surface area contributed by atoms with Gasteiger partial charge in [-0.3, -0.25) is 24.0 Å². The van der Waals surface area contributed by atoms with Crippen molar-refractivity contribution in [3.05, 3.63) is 0 Å². The summed E-state index contributed by atoms with van der Waals surface area (Å²) in [6.07, 6.45) is 21.2. The van der Waals surface area contributed by atoms with Crippen molar-refractivity contribution >= 4 is 35.3 Å². The highest BCUT2D eigenvalue weighted by atomic mass is 16.5. The van der Waals surface area contributed by atoms with Crippen LogP contribution < -0.4 is 27.8 Å². The number of carboxylic acids is 1. The van der Waals surface area contributed by atoms with Gasteiger partial charge in [0.15, 0.2) is 0 Å². The maximum atomic E-state index is 11.7. The van der Waals surface area contributed by atoms with Crippen molar-refractivity contribution < 1.29 is 57.9 Å². The summed E-state index contributed by atoms with van der Waals surface area (Å²) in [6.45, 7) is 9.49. The fourth-order valence-corrected chi connectivity index (χ4v) is 5.27. The third-order valence-corrected chi connectivity index (χ3v) is 8.96. The van der Waals surface area contributed by atoms with Crippen LogP contribution in [-0.2, 0) is 47.7 Å². The van der Waals surface area contributed by atoms with Crippen LogP contribution >= 0.6 is 0 Å². The smallest absolute Gasteiger partial charge is 0.303 e. The molecule has 0 aliphatic heterocycles. The van der Waals surface area contributed by atoms with Gasteiger partial charge < -0.3 is 61.8 Å². The average molecular weight is 864 g/mol. The number of hydrogen-bond acceptors (Lipinski definition) is 13. The fourth-order valence-electron chi connectivity index (χ4n) is 5.27. The lowest BCUT2D eigenvalue weighted by atomic mass is 10.0. The second-order valence-corrected chi connectivity index (χ2v) is 14.7. The van der Waals surface area contributed by atoms with Crippen LogP contribution in [0.3, 0.4) is 0 Å². The zero-order valence-corrected chi connectivity index (χ0v) is 37.5. The SMILES string of the molecule is CC(=O)CCCOCCOCC(=O)NCCCC[C@H](N)C(C)=O.CCOCCOCCNC(=O)CCCCCCCCCCCCCCCCC(=O)O.NC(=O)[C@@H](N)CO. The number of aliphatic hydroxyl groups excluding tert-OH is 1. The molecule has 10 N–H and O–H groups in total. The van der Waals surface area contributed by atoms with E-state index in [0.717, 1.165) is 38.5 Å². The van der Waals surface area contributed by atoms with Gasteiger partial charge in [-0.1, -0.05) is 77.0 Å². The molecule has 17 heteroatoms. The Morgan fingerprint density at radius 2 is 1.02 bits per heavy atom. The Bertz CT molecular complexity index is 1050. The molecule has 0 unspecified atom stereocenters. The van der Waals surface area contributed by atoms with Crippen LogP contribution in [0.15, 0.2) is 0 Å². The number of unbranched alkanes of at least 4 members (excludes halogenated alkanes) is 14. The van der Waals surface area contributed by atoms with E-state index >= 15 is 0 Å². The Balaban J connectivity index is -0.000000954. The first-order chi connectivity index (χ1) is 28.8.